The molecule has 0 saturated heterocycles. The number of Topliss-reactive ketones (excluding diaryl/α,β-unsaturated/α-hetero) is 2. The zero-order chi connectivity index (χ0) is 25.7. The van der Waals surface area contributed by atoms with Crippen LogP contribution in [0.25, 0.3) is 0 Å². The van der Waals surface area contributed by atoms with Gasteiger partial charge in [-0.15, -0.1) is 0 Å². The summed E-state index contributed by atoms with van der Waals surface area (Å²) in [6, 6.07) is 11.8. The van der Waals surface area contributed by atoms with E-state index >= 15 is 0 Å². The van der Waals surface area contributed by atoms with Gasteiger partial charge in [-0.3, -0.25) is 14.4 Å². The second-order valence-corrected chi connectivity index (χ2v) is 8.53. The fraction of sp³-hybridized carbons (Fsp3) is 0.321. The van der Waals surface area contributed by atoms with Crippen molar-refractivity contribution in [1.29, 1.82) is 0 Å². The minimum atomic E-state index is -0.378. The number of hydrogen-bond donors (Lipinski definition) is 2. The van der Waals surface area contributed by atoms with Crippen molar-refractivity contribution in [3.63, 3.8) is 0 Å². The van der Waals surface area contributed by atoms with Gasteiger partial charge in [0.15, 0.2) is 23.1 Å². The minimum Gasteiger partial charge on any atom is -0.507 e. The molecule has 2 aromatic rings. The van der Waals surface area contributed by atoms with E-state index in [2.05, 4.69) is 5.32 Å². The Morgan fingerprint density at radius 1 is 0.914 bits per heavy atom. The first-order valence-electron chi connectivity index (χ1n) is 11.5. The molecule has 1 atom stereocenters. The predicted molar refractivity (Wildman–Crippen MR) is 133 cm³/mol. The number of para-hydroxylation sites is 1. The lowest BCUT2D eigenvalue weighted by atomic mass is 9.76. The second-order valence-electron chi connectivity index (χ2n) is 8.53. The Labute approximate surface area is 205 Å². The molecule has 0 heterocycles. The number of benzene rings is 2. The van der Waals surface area contributed by atoms with Crippen LogP contribution in [0.2, 0.25) is 0 Å². The lowest BCUT2D eigenvalue weighted by Crippen LogP contribution is -2.27. The molecule has 1 aliphatic rings. The molecule has 184 valence electrons. The van der Waals surface area contributed by atoms with Crippen LogP contribution in [0.15, 0.2) is 64.8 Å². The van der Waals surface area contributed by atoms with Gasteiger partial charge in [0, 0.05) is 34.8 Å². The lowest BCUT2D eigenvalue weighted by molar-refractivity contribution is -0.116. The zero-order valence-corrected chi connectivity index (χ0v) is 20.7. The van der Waals surface area contributed by atoms with E-state index in [1.54, 1.807) is 59.3 Å². The number of carbonyl (C=O) groups is 3. The Morgan fingerprint density at radius 2 is 1.57 bits per heavy atom. The maximum atomic E-state index is 13.3. The quantitative estimate of drug-likeness (QED) is 0.407. The topological polar surface area (TPSA) is 102 Å². The van der Waals surface area contributed by atoms with Crippen molar-refractivity contribution in [3.8, 4) is 17.2 Å². The summed E-state index contributed by atoms with van der Waals surface area (Å²) in [5.74, 6) is -0.0189. The van der Waals surface area contributed by atoms with Crippen LogP contribution in [0.1, 0.15) is 55.5 Å². The average molecular weight is 478 g/mol. The highest BCUT2D eigenvalue weighted by atomic mass is 16.5. The van der Waals surface area contributed by atoms with Crippen LogP contribution in [0.4, 0.5) is 0 Å². The van der Waals surface area contributed by atoms with Gasteiger partial charge in [-0.1, -0.05) is 18.2 Å². The molecule has 0 radical (unpaired) electrons. The van der Waals surface area contributed by atoms with Crippen LogP contribution in [0, 0.1) is 0 Å². The summed E-state index contributed by atoms with van der Waals surface area (Å²) in [5.41, 5.74) is 2.85. The predicted octanol–water partition coefficient (Wildman–Crippen LogP) is 4.51. The van der Waals surface area contributed by atoms with Crippen LogP contribution in [0.5, 0.6) is 17.2 Å². The molecule has 3 rings (SSSR count). The highest BCUT2D eigenvalue weighted by Gasteiger charge is 2.33. The number of allylic oxidation sites excluding steroid dienone is 4. The number of ether oxygens (including phenoxy) is 2. The number of amides is 1. The van der Waals surface area contributed by atoms with Gasteiger partial charge in [0.25, 0.3) is 5.91 Å². The smallest absolute Gasteiger partial charge is 0.255 e. The van der Waals surface area contributed by atoms with E-state index in [0.717, 1.165) is 5.56 Å². The van der Waals surface area contributed by atoms with Crippen molar-refractivity contribution in [2.24, 2.45) is 0 Å². The van der Waals surface area contributed by atoms with Crippen molar-refractivity contribution >= 4 is 17.5 Å². The number of carbonyl (C=O) groups excluding carboxylic acids is 3. The SMILES string of the molecule is COc1ccc(C(CCCNC(=O)c2ccccc2O)C2=C(C)C(=O)C(C)=C(C)C2=O)cc1OC. The van der Waals surface area contributed by atoms with Crippen LogP contribution in [0.3, 0.4) is 0 Å². The van der Waals surface area contributed by atoms with Crippen molar-refractivity contribution in [1.82, 2.24) is 5.32 Å². The second kappa shape index (κ2) is 11.0. The summed E-state index contributed by atoms with van der Waals surface area (Å²) in [6.07, 6.45) is 1.05. The van der Waals surface area contributed by atoms with Crippen molar-refractivity contribution in [3.05, 3.63) is 75.9 Å². The van der Waals surface area contributed by atoms with Crippen molar-refractivity contribution in [2.75, 3.05) is 20.8 Å². The monoisotopic (exact) mass is 477 g/mol. The van der Waals surface area contributed by atoms with Crippen LogP contribution >= 0.6 is 0 Å². The molecule has 7 heteroatoms. The maximum absolute atomic E-state index is 13.3. The van der Waals surface area contributed by atoms with Gasteiger partial charge >= 0.3 is 0 Å². The number of rotatable bonds is 9. The molecule has 1 amide bonds. The molecule has 0 aromatic heterocycles. The number of phenols is 1. The number of aromatic hydroxyl groups is 1. The lowest BCUT2D eigenvalue weighted by Gasteiger charge is -2.27. The molecule has 1 unspecified atom stereocenters. The summed E-state index contributed by atoms with van der Waals surface area (Å²) in [4.78, 5) is 38.6. The van der Waals surface area contributed by atoms with Gasteiger partial charge in [0.2, 0.25) is 0 Å². The van der Waals surface area contributed by atoms with E-state index in [4.69, 9.17) is 9.47 Å². The van der Waals surface area contributed by atoms with E-state index in [1.165, 1.54) is 6.07 Å². The molecule has 2 aromatic carbocycles. The zero-order valence-electron chi connectivity index (χ0n) is 20.7. The first kappa shape index (κ1) is 25.7. The van der Waals surface area contributed by atoms with Crippen LogP contribution in [-0.4, -0.2) is 43.3 Å². The maximum Gasteiger partial charge on any atom is 0.255 e. The van der Waals surface area contributed by atoms with Crippen LogP contribution < -0.4 is 14.8 Å². The molecular weight excluding hydrogens is 446 g/mol. The molecule has 2 N–H and O–H groups in total. The number of methoxy groups -OCH3 is 2. The van der Waals surface area contributed by atoms with E-state index in [-0.39, 0.29) is 34.7 Å². The summed E-state index contributed by atoms with van der Waals surface area (Å²) < 4.78 is 10.8. The Morgan fingerprint density at radius 3 is 2.23 bits per heavy atom. The van der Waals surface area contributed by atoms with E-state index < -0.39 is 0 Å². The van der Waals surface area contributed by atoms with Crippen molar-refractivity contribution < 1.29 is 29.0 Å². The van der Waals surface area contributed by atoms with Gasteiger partial charge in [-0.2, -0.15) is 0 Å². The number of phenolic OH excluding ortho intramolecular Hbond substituents is 1. The van der Waals surface area contributed by atoms with Gasteiger partial charge in [0.05, 0.1) is 19.8 Å². The molecule has 35 heavy (non-hydrogen) atoms. The first-order chi connectivity index (χ1) is 16.7. The highest BCUT2D eigenvalue weighted by molar-refractivity contribution is 6.25. The Hall–Kier alpha value is -3.87. The fourth-order valence-corrected chi connectivity index (χ4v) is 4.35. The molecule has 0 fully saturated rings. The molecule has 0 saturated carbocycles. The molecule has 1 aliphatic carbocycles. The summed E-state index contributed by atoms with van der Waals surface area (Å²) in [5, 5.41) is 12.7. The summed E-state index contributed by atoms with van der Waals surface area (Å²) in [6.45, 7) is 5.38. The van der Waals surface area contributed by atoms with Gasteiger partial charge in [-0.25, -0.2) is 0 Å². The summed E-state index contributed by atoms with van der Waals surface area (Å²) in [7, 11) is 3.09. The third-order valence-corrected chi connectivity index (χ3v) is 6.50. The fourth-order valence-electron chi connectivity index (χ4n) is 4.35. The third kappa shape index (κ3) is 5.29. The van der Waals surface area contributed by atoms with Gasteiger partial charge in [-0.05, 0) is 63.4 Å². The van der Waals surface area contributed by atoms with E-state index in [9.17, 15) is 19.5 Å². The number of nitrogens with one attached hydrogen (secondary N) is 1. The largest absolute Gasteiger partial charge is 0.507 e. The Kier molecular flexibility index (Phi) is 8.12. The van der Waals surface area contributed by atoms with E-state index in [0.29, 0.717) is 53.2 Å². The molecule has 0 bridgehead atoms. The molecule has 0 spiro atoms. The van der Waals surface area contributed by atoms with Gasteiger partial charge in [0.1, 0.15) is 5.75 Å². The number of hydrogen-bond acceptors (Lipinski definition) is 6. The first-order valence-corrected chi connectivity index (χ1v) is 11.5. The summed E-state index contributed by atoms with van der Waals surface area (Å²) >= 11 is 0. The Bertz CT molecular complexity index is 1220. The molecule has 0 aliphatic heterocycles. The third-order valence-electron chi connectivity index (χ3n) is 6.50. The minimum absolute atomic E-state index is 0.0852. The standard InChI is InChI=1S/C28H31NO6/c1-16-17(2)27(32)25(18(3)26(16)31)20(19-12-13-23(34-4)24(15-19)35-5)10-8-14-29-28(33)21-9-6-7-11-22(21)30/h6-7,9,11-13,15,20,30H,8,10,14H2,1-5H3,(H,29,33). The van der Waals surface area contributed by atoms with Crippen LogP contribution in [-0.2, 0) is 9.59 Å². The number of ketones is 2. The normalized spacial score (nSPS) is 14.8. The Balaban J connectivity index is 1.88. The van der Waals surface area contributed by atoms with Crippen molar-refractivity contribution in [2.45, 2.75) is 39.5 Å². The van der Waals surface area contributed by atoms with Gasteiger partial charge < -0.3 is 19.9 Å². The molecule has 7 nitrogen and oxygen atoms in total. The molecular formula is C28H31NO6. The average Bonchev–Trinajstić information content (AvgIpc) is 2.87. The highest BCUT2D eigenvalue weighted by Crippen LogP contribution is 2.40. The van der Waals surface area contributed by atoms with E-state index in [1.807, 2.05) is 12.1 Å².